The van der Waals surface area contributed by atoms with Gasteiger partial charge in [0, 0.05) is 12.7 Å². The number of anilines is 1. The molecule has 6 nitrogen and oxygen atoms in total. The predicted molar refractivity (Wildman–Crippen MR) is 92.9 cm³/mol. The Morgan fingerprint density at radius 1 is 1.12 bits per heavy atom. The molecule has 0 bridgehead atoms. The molecule has 0 aliphatic carbocycles. The second-order valence-corrected chi connectivity index (χ2v) is 7.77. The lowest BCUT2D eigenvalue weighted by Gasteiger charge is -2.25. The van der Waals surface area contributed by atoms with Gasteiger partial charge >= 0.3 is 0 Å². The zero-order valence-electron chi connectivity index (χ0n) is 14.0. The fourth-order valence-electron chi connectivity index (χ4n) is 3.01. The number of fused-ring (bicyclic) bond motifs is 1. The van der Waals surface area contributed by atoms with Crippen LogP contribution in [0.1, 0.15) is 11.1 Å². The predicted octanol–water partition coefficient (Wildman–Crippen LogP) is 1.61. The minimum absolute atomic E-state index is 0.0123. The van der Waals surface area contributed by atoms with Crippen LogP contribution in [0.4, 0.5) is 5.69 Å². The Balaban J connectivity index is 1.93. The molecule has 2 aromatic carbocycles. The molecule has 0 aromatic heterocycles. The number of aliphatic hydroxyl groups excluding tert-OH is 1. The van der Waals surface area contributed by atoms with Crippen LogP contribution in [0.5, 0.6) is 0 Å². The first-order valence-electron chi connectivity index (χ1n) is 7.76. The molecule has 1 atom stereocenters. The number of likely N-dealkylation sites (N-methyl/N-ethyl adjacent to an activating group) is 1. The highest BCUT2D eigenvalue weighted by atomic mass is 32.2. The molecule has 2 aromatic rings. The van der Waals surface area contributed by atoms with E-state index in [1.165, 1.54) is 17.0 Å². The third-order valence-corrected chi connectivity index (χ3v) is 5.81. The summed E-state index contributed by atoms with van der Waals surface area (Å²) < 4.78 is 30.0. The van der Waals surface area contributed by atoms with E-state index < -0.39 is 34.7 Å². The molecule has 0 fully saturated rings. The van der Waals surface area contributed by atoms with Crippen LogP contribution in [0.15, 0.2) is 53.4 Å². The van der Waals surface area contributed by atoms with Gasteiger partial charge in [0.25, 0.3) is 10.1 Å². The van der Waals surface area contributed by atoms with Crippen molar-refractivity contribution in [3.8, 4) is 0 Å². The Hall–Kier alpha value is -2.22. The second kappa shape index (κ2) is 6.25. The van der Waals surface area contributed by atoms with Gasteiger partial charge in [-0.3, -0.25) is 8.98 Å². The van der Waals surface area contributed by atoms with E-state index in [1.54, 1.807) is 43.4 Å². The number of carbonyl (C=O) groups excluding carboxylic acids is 1. The van der Waals surface area contributed by atoms with Crippen molar-refractivity contribution in [2.75, 3.05) is 25.2 Å². The molecule has 1 aliphatic rings. The van der Waals surface area contributed by atoms with Crippen molar-refractivity contribution in [1.82, 2.24) is 0 Å². The summed E-state index contributed by atoms with van der Waals surface area (Å²) in [5.41, 5.74) is 0.692. The number of benzene rings is 2. The van der Waals surface area contributed by atoms with Gasteiger partial charge in [0.15, 0.2) is 0 Å². The number of hydrogen-bond acceptors (Lipinski definition) is 5. The molecule has 1 aliphatic heterocycles. The Labute approximate surface area is 146 Å². The summed E-state index contributed by atoms with van der Waals surface area (Å²) in [6.45, 7) is 0.846. The first-order chi connectivity index (χ1) is 11.8. The van der Waals surface area contributed by atoms with E-state index in [9.17, 15) is 18.3 Å². The molecule has 0 saturated carbocycles. The van der Waals surface area contributed by atoms with E-state index in [4.69, 9.17) is 4.18 Å². The summed E-state index contributed by atoms with van der Waals surface area (Å²) in [5, 5.41) is 9.93. The third-order valence-electron chi connectivity index (χ3n) is 4.54. The second-order valence-electron chi connectivity index (χ2n) is 6.15. The van der Waals surface area contributed by atoms with Crippen molar-refractivity contribution in [3.63, 3.8) is 0 Å². The summed E-state index contributed by atoms with van der Waals surface area (Å²) in [6.07, 6.45) is 0. The number of para-hydroxylation sites is 1. The highest BCUT2D eigenvalue weighted by Crippen LogP contribution is 2.41. The van der Waals surface area contributed by atoms with Gasteiger partial charge in [-0.2, -0.15) is 8.42 Å². The van der Waals surface area contributed by atoms with Crippen molar-refractivity contribution in [3.05, 3.63) is 59.7 Å². The summed E-state index contributed by atoms with van der Waals surface area (Å²) in [5.74, 6) is -0.393. The van der Waals surface area contributed by atoms with Crippen LogP contribution < -0.4 is 4.90 Å². The van der Waals surface area contributed by atoms with Gasteiger partial charge in [0.05, 0.1) is 18.1 Å². The van der Waals surface area contributed by atoms with E-state index >= 15 is 0 Å². The number of rotatable bonds is 5. The summed E-state index contributed by atoms with van der Waals surface area (Å²) >= 11 is 0. The molecule has 1 heterocycles. The first kappa shape index (κ1) is 17.6. The fraction of sp³-hybridized carbons (Fsp3) is 0.278. The molecule has 0 saturated heterocycles. The number of hydrogen-bond donors (Lipinski definition) is 1. The lowest BCUT2D eigenvalue weighted by Crippen LogP contribution is -2.45. The van der Waals surface area contributed by atoms with Crippen molar-refractivity contribution in [2.45, 2.75) is 17.2 Å². The van der Waals surface area contributed by atoms with E-state index in [1.807, 2.05) is 6.92 Å². The lowest BCUT2D eigenvalue weighted by molar-refractivity contribution is -0.125. The van der Waals surface area contributed by atoms with Crippen molar-refractivity contribution in [1.29, 1.82) is 0 Å². The van der Waals surface area contributed by atoms with Crippen LogP contribution in [0.2, 0.25) is 0 Å². The van der Waals surface area contributed by atoms with Gasteiger partial charge < -0.3 is 10.0 Å². The Bertz CT molecular complexity index is 907. The maximum absolute atomic E-state index is 12.7. The maximum atomic E-state index is 12.7. The third kappa shape index (κ3) is 2.84. The monoisotopic (exact) mass is 361 g/mol. The average molecular weight is 361 g/mol. The molecule has 0 unspecified atom stereocenters. The number of amides is 1. The van der Waals surface area contributed by atoms with Gasteiger partial charge in [-0.15, -0.1) is 0 Å². The molecule has 1 amide bonds. The molecule has 7 heteroatoms. The molecular formula is C18H19NO5S. The number of aryl methyl sites for hydroxylation is 1. The van der Waals surface area contributed by atoms with Crippen molar-refractivity contribution >= 4 is 21.7 Å². The average Bonchev–Trinajstić information content (AvgIpc) is 2.83. The van der Waals surface area contributed by atoms with Gasteiger partial charge in [-0.25, -0.2) is 0 Å². The number of nitrogens with zero attached hydrogens (tertiary/aromatic N) is 1. The highest BCUT2D eigenvalue weighted by Gasteiger charge is 2.50. The summed E-state index contributed by atoms with van der Waals surface area (Å²) in [7, 11) is -2.45. The largest absolute Gasteiger partial charge is 0.395 e. The molecule has 1 N–H and O–H groups in total. The van der Waals surface area contributed by atoms with Crippen LogP contribution in [-0.4, -0.2) is 39.7 Å². The maximum Gasteiger partial charge on any atom is 0.297 e. The van der Waals surface area contributed by atoms with E-state index in [0.717, 1.165) is 5.56 Å². The fourth-order valence-corrected chi connectivity index (χ4v) is 3.97. The standard InChI is InChI=1S/C18H19NO5S/c1-13-7-9-14(10-8-13)25(22,23)24-12-18(11-20)15-5-3-4-6-16(15)19(2)17(18)21/h3-10,20H,11-12H2,1-2H3/t18-/m1/s1. The molecule has 0 spiro atoms. The number of carbonyl (C=O) groups is 1. The Morgan fingerprint density at radius 2 is 1.76 bits per heavy atom. The van der Waals surface area contributed by atoms with Gasteiger partial charge in [0.1, 0.15) is 5.41 Å². The van der Waals surface area contributed by atoms with Crippen LogP contribution in [0.25, 0.3) is 0 Å². The SMILES string of the molecule is Cc1ccc(S(=O)(=O)OC[C@@]2(CO)C(=O)N(C)c3ccccc32)cc1. The topological polar surface area (TPSA) is 83.9 Å². The summed E-state index contributed by atoms with van der Waals surface area (Å²) in [4.78, 5) is 14.1. The molecule has 3 rings (SSSR count). The van der Waals surface area contributed by atoms with Crippen LogP contribution >= 0.6 is 0 Å². The molecular weight excluding hydrogens is 342 g/mol. The summed E-state index contributed by atoms with van der Waals surface area (Å²) in [6, 6.07) is 13.2. The molecule has 0 radical (unpaired) electrons. The Morgan fingerprint density at radius 3 is 2.40 bits per heavy atom. The smallest absolute Gasteiger partial charge is 0.297 e. The van der Waals surface area contributed by atoms with Crippen LogP contribution in [-0.2, 0) is 24.5 Å². The minimum Gasteiger partial charge on any atom is -0.395 e. The zero-order valence-corrected chi connectivity index (χ0v) is 14.8. The van der Waals surface area contributed by atoms with Crippen LogP contribution in [0.3, 0.4) is 0 Å². The minimum atomic E-state index is -4.04. The Kier molecular flexibility index (Phi) is 4.40. The zero-order chi connectivity index (χ0) is 18.2. The normalized spacial score (nSPS) is 20.0. The van der Waals surface area contributed by atoms with Crippen molar-refractivity contribution in [2.24, 2.45) is 0 Å². The van der Waals surface area contributed by atoms with E-state index in [0.29, 0.717) is 11.3 Å². The van der Waals surface area contributed by atoms with Gasteiger partial charge in [-0.1, -0.05) is 35.9 Å². The van der Waals surface area contributed by atoms with Gasteiger partial charge in [0.2, 0.25) is 5.91 Å². The van der Waals surface area contributed by atoms with E-state index in [2.05, 4.69) is 0 Å². The lowest BCUT2D eigenvalue weighted by atomic mass is 9.83. The van der Waals surface area contributed by atoms with Gasteiger partial charge in [-0.05, 0) is 30.7 Å². The van der Waals surface area contributed by atoms with Crippen molar-refractivity contribution < 1.29 is 22.5 Å². The van der Waals surface area contributed by atoms with Crippen LogP contribution in [0, 0.1) is 6.92 Å². The number of aliphatic hydroxyl groups is 1. The highest BCUT2D eigenvalue weighted by molar-refractivity contribution is 7.86. The molecule has 132 valence electrons. The van der Waals surface area contributed by atoms with E-state index in [-0.39, 0.29) is 4.90 Å². The first-order valence-corrected chi connectivity index (χ1v) is 9.17. The molecule has 25 heavy (non-hydrogen) atoms. The quantitative estimate of drug-likeness (QED) is 0.818.